The van der Waals surface area contributed by atoms with Gasteiger partial charge < -0.3 is 4.90 Å². The molecule has 0 N–H and O–H groups in total. The van der Waals surface area contributed by atoms with Crippen molar-refractivity contribution in [1.82, 2.24) is 14.4 Å². The minimum Gasteiger partial charge on any atom is -0.378 e. The van der Waals surface area contributed by atoms with Crippen LogP contribution in [0.4, 0.5) is 5.69 Å². The van der Waals surface area contributed by atoms with Crippen LogP contribution in [-0.2, 0) is 0 Å². The first-order valence-electron chi connectivity index (χ1n) is 6.22. The molecule has 0 aliphatic rings. The maximum atomic E-state index is 4.54. The van der Waals surface area contributed by atoms with Gasteiger partial charge in [-0.25, -0.2) is 9.97 Å². The van der Waals surface area contributed by atoms with Crippen molar-refractivity contribution in [2.45, 2.75) is 6.92 Å². The number of rotatable bonds is 2. The Morgan fingerprint density at radius 1 is 1.05 bits per heavy atom. The van der Waals surface area contributed by atoms with Crippen molar-refractivity contribution >= 4 is 11.5 Å². The number of benzene rings is 1. The molecule has 19 heavy (non-hydrogen) atoms. The minimum absolute atomic E-state index is 0.734. The zero-order valence-electron chi connectivity index (χ0n) is 11.3. The number of aromatic nitrogens is 3. The zero-order chi connectivity index (χ0) is 13.4. The molecule has 96 valence electrons. The van der Waals surface area contributed by atoms with E-state index in [1.54, 1.807) is 0 Å². The quantitative estimate of drug-likeness (QED) is 0.703. The summed E-state index contributed by atoms with van der Waals surface area (Å²) in [6.07, 6.45) is 5.88. The van der Waals surface area contributed by atoms with Crippen molar-refractivity contribution < 1.29 is 0 Å². The highest BCUT2D eigenvalue weighted by Crippen LogP contribution is 2.21. The third-order valence-corrected chi connectivity index (χ3v) is 3.12. The van der Waals surface area contributed by atoms with E-state index in [4.69, 9.17) is 0 Å². The molecular formula is C15H16N4. The Balaban J connectivity index is 2.03. The number of hydrogen-bond acceptors (Lipinski definition) is 3. The SMILES string of the molecule is Cc1cnc2nc(-c3ccc(N(C)C)cc3)cn2c1. The van der Waals surface area contributed by atoms with Gasteiger partial charge >= 0.3 is 0 Å². The van der Waals surface area contributed by atoms with E-state index in [1.165, 1.54) is 5.69 Å². The lowest BCUT2D eigenvalue weighted by atomic mass is 10.1. The molecule has 4 heteroatoms. The Labute approximate surface area is 112 Å². The van der Waals surface area contributed by atoms with Gasteiger partial charge in [-0.15, -0.1) is 0 Å². The molecule has 0 spiro atoms. The number of imidazole rings is 1. The first-order chi connectivity index (χ1) is 9.13. The Bertz CT molecular complexity index is 711. The van der Waals surface area contributed by atoms with Gasteiger partial charge in [0, 0.05) is 43.9 Å². The molecule has 0 aliphatic carbocycles. The van der Waals surface area contributed by atoms with Gasteiger partial charge in [0.25, 0.3) is 0 Å². The van der Waals surface area contributed by atoms with Crippen LogP contribution >= 0.6 is 0 Å². The van der Waals surface area contributed by atoms with Crippen LogP contribution in [-0.4, -0.2) is 28.5 Å². The number of aryl methyl sites for hydroxylation is 1. The maximum Gasteiger partial charge on any atom is 0.234 e. The summed E-state index contributed by atoms with van der Waals surface area (Å²) in [5.74, 6) is 0.734. The van der Waals surface area contributed by atoms with Crippen molar-refractivity contribution in [2.75, 3.05) is 19.0 Å². The topological polar surface area (TPSA) is 33.4 Å². The Morgan fingerprint density at radius 2 is 1.79 bits per heavy atom. The Hall–Kier alpha value is -2.36. The van der Waals surface area contributed by atoms with E-state index in [2.05, 4.69) is 39.1 Å². The van der Waals surface area contributed by atoms with Crippen molar-refractivity contribution in [3.05, 3.63) is 48.4 Å². The van der Waals surface area contributed by atoms with Gasteiger partial charge in [0.2, 0.25) is 5.78 Å². The fraction of sp³-hybridized carbons (Fsp3) is 0.200. The lowest BCUT2D eigenvalue weighted by Crippen LogP contribution is -2.07. The van der Waals surface area contributed by atoms with E-state index < -0.39 is 0 Å². The summed E-state index contributed by atoms with van der Waals surface area (Å²) in [5, 5.41) is 0. The molecule has 0 radical (unpaired) electrons. The fourth-order valence-corrected chi connectivity index (χ4v) is 2.06. The molecule has 3 aromatic rings. The van der Waals surface area contributed by atoms with Crippen molar-refractivity contribution in [3.8, 4) is 11.3 Å². The minimum atomic E-state index is 0.734. The van der Waals surface area contributed by atoms with Crippen LogP contribution in [0.15, 0.2) is 42.9 Å². The van der Waals surface area contributed by atoms with Gasteiger partial charge in [-0.3, -0.25) is 4.40 Å². The number of nitrogens with zero attached hydrogens (tertiary/aromatic N) is 4. The second kappa shape index (κ2) is 4.39. The first kappa shape index (κ1) is 11.7. The van der Waals surface area contributed by atoms with Gasteiger partial charge in [0.1, 0.15) is 0 Å². The van der Waals surface area contributed by atoms with E-state index in [9.17, 15) is 0 Å². The second-order valence-electron chi connectivity index (χ2n) is 4.91. The van der Waals surface area contributed by atoms with Crippen LogP contribution in [0.2, 0.25) is 0 Å². The second-order valence-corrected chi connectivity index (χ2v) is 4.91. The summed E-state index contributed by atoms with van der Waals surface area (Å²) in [6.45, 7) is 2.03. The predicted molar refractivity (Wildman–Crippen MR) is 77.5 cm³/mol. The molecule has 0 atom stereocenters. The molecule has 0 bridgehead atoms. The van der Waals surface area contributed by atoms with Crippen LogP contribution in [0.5, 0.6) is 0 Å². The Kier molecular flexibility index (Phi) is 2.71. The predicted octanol–water partition coefficient (Wildman–Crippen LogP) is 2.77. The third kappa shape index (κ3) is 2.17. The largest absolute Gasteiger partial charge is 0.378 e. The highest BCUT2D eigenvalue weighted by Gasteiger charge is 2.05. The molecular weight excluding hydrogens is 236 g/mol. The van der Waals surface area contributed by atoms with Gasteiger partial charge in [-0.1, -0.05) is 12.1 Å². The third-order valence-electron chi connectivity index (χ3n) is 3.12. The standard InChI is InChI=1S/C15H16N4/c1-11-8-16-15-17-14(10-19(15)9-11)12-4-6-13(7-5-12)18(2)3/h4-10H,1-3H3. The van der Waals surface area contributed by atoms with E-state index in [0.717, 1.165) is 22.6 Å². The molecule has 3 rings (SSSR count). The highest BCUT2D eigenvalue weighted by molar-refractivity contribution is 5.64. The zero-order valence-corrected chi connectivity index (χ0v) is 11.3. The van der Waals surface area contributed by atoms with Crippen LogP contribution in [0.3, 0.4) is 0 Å². The fourth-order valence-electron chi connectivity index (χ4n) is 2.06. The lowest BCUT2D eigenvalue weighted by molar-refractivity contribution is 1.08. The van der Waals surface area contributed by atoms with Crippen LogP contribution in [0.25, 0.3) is 17.0 Å². The highest BCUT2D eigenvalue weighted by atomic mass is 15.1. The van der Waals surface area contributed by atoms with Crippen molar-refractivity contribution in [3.63, 3.8) is 0 Å². The molecule has 0 saturated heterocycles. The summed E-state index contributed by atoms with van der Waals surface area (Å²) in [6, 6.07) is 8.37. The smallest absolute Gasteiger partial charge is 0.234 e. The monoisotopic (exact) mass is 252 g/mol. The average Bonchev–Trinajstić information content (AvgIpc) is 2.81. The van der Waals surface area contributed by atoms with Crippen molar-refractivity contribution in [2.24, 2.45) is 0 Å². The van der Waals surface area contributed by atoms with Crippen LogP contribution < -0.4 is 4.90 Å². The molecule has 2 heterocycles. The van der Waals surface area contributed by atoms with Gasteiger partial charge in [-0.2, -0.15) is 0 Å². The summed E-state index contributed by atoms with van der Waals surface area (Å²) in [7, 11) is 4.07. The average molecular weight is 252 g/mol. The van der Waals surface area contributed by atoms with Crippen LogP contribution in [0, 0.1) is 6.92 Å². The molecule has 0 aliphatic heterocycles. The Morgan fingerprint density at radius 3 is 2.47 bits per heavy atom. The first-order valence-corrected chi connectivity index (χ1v) is 6.22. The molecule has 1 aromatic carbocycles. The summed E-state index contributed by atoms with van der Waals surface area (Å²) in [4.78, 5) is 10.9. The summed E-state index contributed by atoms with van der Waals surface area (Å²) < 4.78 is 1.96. The molecule has 0 fully saturated rings. The van der Waals surface area contributed by atoms with Gasteiger partial charge in [-0.05, 0) is 24.6 Å². The number of anilines is 1. The summed E-state index contributed by atoms with van der Waals surface area (Å²) in [5.41, 5.74) is 4.36. The molecule has 2 aromatic heterocycles. The number of fused-ring (bicyclic) bond motifs is 1. The number of hydrogen-bond donors (Lipinski definition) is 0. The normalized spacial score (nSPS) is 10.9. The van der Waals surface area contributed by atoms with Gasteiger partial charge in [0.05, 0.1) is 5.69 Å². The van der Waals surface area contributed by atoms with Crippen molar-refractivity contribution in [1.29, 1.82) is 0 Å². The van der Waals surface area contributed by atoms with Crippen LogP contribution in [0.1, 0.15) is 5.56 Å². The lowest BCUT2D eigenvalue weighted by Gasteiger charge is -2.11. The molecule has 0 saturated carbocycles. The molecule has 4 nitrogen and oxygen atoms in total. The van der Waals surface area contributed by atoms with E-state index >= 15 is 0 Å². The maximum absolute atomic E-state index is 4.54. The molecule has 0 unspecified atom stereocenters. The molecule has 0 amide bonds. The van der Waals surface area contributed by atoms with E-state index in [0.29, 0.717) is 0 Å². The van der Waals surface area contributed by atoms with Gasteiger partial charge in [0.15, 0.2) is 0 Å². The van der Waals surface area contributed by atoms with E-state index in [1.807, 2.05) is 44.0 Å². The van der Waals surface area contributed by atoms with E-state index in [-0.39, 0.29) is 0 Å². The summed E-state index contributed by atoms with van der Waals surface area (Å²) >= 11 is 0.